The van der Waals surface area contributed by atoms with Gasteiger partial charge >= 0.3 is 0 Å². The van der Waals surface area contributed by atoms with Gasteiger partial charge in [-0.2, -0.15) is 0 Å². The van der Waals surface area contributed by atoms with Gasteiger partial charge in [0.1, 0.15) is 5.75 Å². The molecular weight excluding hydrogens is 228 g/mol. The lowest BCUT2D eigenvalue weighted by Crippen LogP contribution is -2.45. The topological polar surface area (TPSA) is 55.6 Å². The number of likely N-dealkylation sites (tertiary alicyclic amines) is 1. The van der Waals surface area contributed by atoms with E-state index in [-0.39, 0.29) is 11.9 Å². The lowest BCUT2D eigenvalue weighted by Gasteiger charge is -2.26. The molecule has 1 amide bonds. The molecule has 0 aliphatic carbocycles. The van der Waals surface area contributed by atoms with Crippen LogP contribution in [0.5, 0.6) is 5.75 Å². The van der Waals surface area contributed by atoms with Gasteiger partial charge < -0.3 is 15.4 Å². The van der Waals surface area contributed by atoms with E-state index in [0.717, 1.165) is 25.1 Å². The van der Waals surface area contributed by atoms with Crippen molar-refractivity contribution in [1.29, 1.82) is 0 Å². The predicted molar refractivity (Wildman–Crippen MR) is 70.3 cm³/mol. The van der Waals surface area contributed by atoms with Gasteiger partial charge in [-0.15, -0.1) is 0 Å². The Morgan fingerprint density at radius 2 is 2.22 bits per heavy atom. The number of carbonyl (C=O) groups is 1. The van der Waals surface area contributed by atoms with Crippen LogP contribution in [-0.4, -0.2) is 36.0 Å². The van der Waals surface area contributed by atoms with E-state index >= 15 is 0 Å². The quantitative estimate of drug-likeness (QED) is 0.876. The molecule has 18 heavy (non-hydrogen) atoms. The number of amides is 1. The average molecular weight is 248 g/mol. The monoisotopic (exact) mass is 248 g/mol. The van der Waals surface area contributed by atoms with Crippen molar-refractivity contribution in [3.63, 3.8) is 0 Å². The predicted octanol–water partition coefficient (Wildman–Crippen LogP) is 1.40. The van der Waals surface area contributed by atoms with Crippen LogP contribution >= 0.6 is 0 Å². The van der Waals surface area contributed by atoms with Gasteiger partial charge in [-0.1, -0.05) is 18.2 Å². The van der Waals surface area contributed by atoms with Crippen LogP contribution in [0.1, 0.15) is 19.8 Å². The van der Waals surface area contributed by atoms with Crippen LogP contribution in [0, 0.1) is 0 Å². The number of carbonyl (C=O) groups excluding carboxylic acids is 1. The Morgan fingerprint density at radius 1 is 1.50 bits per heavy atom. The SMILES string of the molecule is CC(Oc1ccccc1)C(=O)N1CCCC1CN. The molecule has 4 nitrogen and oxygen atoms in total. The minimum absolute atomic E-state index is 0.0341. The fourth-order valence-corrected chi connectivity index (χ4v) is 2.36. The molecule has 0 bridgehead atoms. The summed E-state index contributed by atoms with van der Waals surface area (Å²) in [6.07, 6.45) is 1.57. The summed E-state index contributed by atoms with van der Waals surface area (Å²) in [7, 11) is 0. The van der Waals surface area contributed by atoms with Gasteiger partial charge in [-0.3, -0.25) is 4.79 Å². The smallest absolute Gasteiger partial charge is 0.263 e. The Balaban J connectivity index is 1.96. The molecule has 0 spiro atoms. The van der Waals surface area contributed by atoms with Gasteiger partial charge in [0.2, 0.25) is 0 Å². The molecule has 1 aliphatic heterocycles. The molecule has 1 aromatic rings. The number of rotatable bonds is 4. The van der Waals surface area contributed by atoms with Crippen LogP contribution in [0.25, 0.3) is 0 Å². The standard InChI is InChI=1S/C14H20N2O2/c1-11(18-13-7-3-2-4-8-13)14(17)16-9-5-6-12(16)10-15/h2-4,7-8,11-12H,5-6,9-10,15H2,1H3. The first-order valence-electron chi connectivity index (χ1n) is 6.44. The van der Waals surface area contributed by atoms with Crippen LogP contribution in [-0.2, 0) is 4.79 Å². The molecule has 2 rings (SSSR count). The summed E-state index contributed by atoms with van der Waals surface area (Å²) < 4.78 is 5.65. The van der Waals surface area contributed by atoms with Crippen molar-refractivity contribution in [3.05, 3.63) is 30.3 Å². The highest BCUT2D eigenvalue weighted by molar-refractivity contribution is 5.81. The zero-order chi connectivity index (χ0) is 13.0. The molecule has 1 saturated heterocycles. The lowest BCUT2D eigenvalue weighted by molar-refractivity contribution is -0.138. The van der Waals surface area contributed by atoms with E-state index in [2.05, 4.69) is 0 Å². The normalized spacial score (nSPS) is 20.8. The lowest BCUT2D eigenvalue weighted by atomic mass is 10.2. The third-order valence-corrected chi connectivity index (χ3v) is 3.34. The number of nitrogens with zero attached hydrogens (tertiary/aromatic N) is 1. The van der Waals surface area contributed by atoms with Gasteiger partial charge in [0.25, 0.3) is 5.91 Å². The average Bonchev–Trinajstić information content (AvgIpc) is 2.87. The molecule has 1 heterocycles. The van der Waals surface area contributed by atoms with E-state index in [4.69, 9.17) is 10.5 Å². The van der Waals surface area contributed by atoms with Crippen molar-refractivity contribution in [2.75, 3.05) is 13.1 Å². The number of hydrogen-bond donors (Lipinski definition) is 1. The maximum Gasteiger partial charge on any atom is 0.263 e. The Hall–Kier alpha value is -1.55. The van der Waals surface area contributed by atoms with Crippen molar-refractivity contribution in [2.45, 2.75) is 31.9 Å². The molecule has 2 N–H and O–H groups in total. The molecule has 4 heteroatoms. The Kier molecular flexibility index (Phi) is 4.20. The van der Waals surface area contributed by atoms with Crippen molar-refractivity contribution in [1.82, 2.24) is 4.90 Å². The van der Waals surface area contributed by atoms with E-state index in [1.807, 2.05) is 35.2 Å². The number of benzene rings is 1. The number of hydrogen-bond acceptors (Lipinski definition) is 3. The van der Waals surface area contributed by atoms with E-state index in [1.165, 1.54) is 0 Å². The first-order valence-corrected chi connectivity index (χ1v) is 6.44. The van der Waals surface area contributed by atoms with Gasteiger partial charge in [-0.05, 0) is 31.9 Å². The number of nitrogens with two attached hydrogens (primary N) is 1. The fraction of sp³-hybridized carbons (Fsp3) is 0.500. The molecule has 0 radical (unpaired) electrons. The second-order valence-corrected chi connectivity index (χ2v) is 4.64. The van der Waals surface area contributed by atoms with Gasteiger partial charge in [-0.25, -0.2) is 0 Å². The second-order valence-electron chi connectivity index (χ2n) is 4.64. The minimum Gasteiger partial charge on any atom is -0.481 e. The molecule has 0 aromatic heterocycles. The first kappa shape index (κ1) is 12.9. The van der Waals surface area contributed by atoms with E-state index in [1.54, 1.807) is 6.92 Å². The van der Waals surface area contributed by atoms with Gasteiger partial charge in [0.05, 0.1) is 0 Å². The highest BCUT2D eigenvalue weighted by Gasteiger charge is 2.31. The third kappa shape index (κ3) is 2.82. The molecule has 1 aliphatic rings. The maximum absolute atomic E-state index is 12.3. The zero-order valence-corrected chi connectivity index (χ0v) is 10.7. The molecule has 1 aromatic carbocycles. The van der Waals surface area contributed by atoms with Gasteiger partial charge in [0, 0.05) is 19.1 Å². The minimum atomic E-state index is -0.459. The fourth-order valence-electron chi connectivity index (χ4n) is 2.36. The van der Waals surface area contributed by atoms with Crippen molar-refractivity contribution in [3.8, 4) is 5.75 Å². The molecular formula is C14H20N2O2. The van der Waals surface area contributed by atoms with Crippen LogP contribution in [0.4, 0.5) is 0 Å². The summed E-state index contributed by atoms with van der Waals surface area (Å²) in [5.74, 6) is 0.758. The van der Waals surface area contributed by atoms with Crippen LogP contribution in [0.15, 0.2) is 30.3 Å². The van der Waals surface area contributed by atoms with E-state index in [0.29, 0.717) is 6.54 Å². The van der Waals surface area contributed by atoms with Crippen molar-refractivity contribution >= 4 is 5.91 Å². The summed E-state index contributed by atoms with van der Waals surface area (Å²) in [5.41, 5.74) is 5.68. The highest BCUT2D eigenvalue weighted by atomic mass is 16.5. The summed E-state index contributed by atoms with van der Waals surface area (Å²) in [6, 6.07) is 9.60. The van der Waals surface area contributed by atoms with Crippen LogP contribution in [0.2, 0.25) is 0 Å². The largest absolute Gasteiger partial charge is 0.481 e. The Labute approximate surface area is 108 Å². The third-order valence-electron chi connectivity index (χ3n) is 3.34. The van der Waals surface area contributed by atoms with E-state index in [9.17, 15) is 4.79 Å². The maximum atomic E-state index is 12.3. The van der Waals surface area contributed by atoms with Gasteiger partial charge in [0.15, 0.2) is 6.10 Å². The highest BCUT2D eigenvalue weighted by Crippen LogP contribution is 2.19. The number of ether oxygens (including phenoxy) is 1. The molecule has 98 valence electrons. The summed E-state index contributed by atoms with van der Waals surface area (Å²) in [6.45, 7) is 3.12. The molecule has 2 unspecified atom stereocenters. The molecule has 2 atom stereocenters. The van der Waals surface area contributed by atoms with Crippen LogP contribution < -0.4 is 10.5 Å². The van der Waals surface area contributed by atoms with Crippen molar-refractivity contribution in [2.24, 2.45) is 5.73 Å². The summed E-state index contributed by atoms with van der Waals surface area (Å²) in [4.78, 5) is 14.1. The van der Waals surface area contributed by atoms with E-state index < -0.39 is 6.10 Å². The summed E-state index contributed by atoms with van der Waals surface area (Å²) >= 11 is 0. The first-order chi connectivity index (χ1) is 8.72. The number of para-hydroxylation sites is 1. The van der Waals surface area contributed by atoms with Crippen molar-refractivity contribution < 1.29 is 9.53 Å². The summed E-state index contributed by atoms with van der Waals surface area (Å²) in [5, 5.41) is 0. The molecule has 0 saturated carbocycles. The zero-order valence-electron chi connectivity index (χ0n) is 10.7. The molecule has 1 fully saturated rings. The Bertz CT molecular complexity index is 394. The second kappa shape index (κ2) is 5.87. The Morgan fingerprint density at radius 3 is 2.89 bits per heavy atom. The van der Waals surface area contributed by atoms with Crippen LogP contribution in [0.3, 0.4) is 0 Å².